The maximum atomic E-state index is 13.0. The molecule has 3 nitrogen and oxygen atoms in total. The second-order valence-corrected chi connectivity index (χ2v) is 7.83. The molecule has 4 heteroatoms. The van der Waals surface area contributed by atoms with E-state index in [1.165, 1.54) is 0 Å². The third-order valence-corrected chi connectivity index (χ3v) is 6.30. The predicted octanol–water partition coefficient (Wildman–Crippen LogP) is 3.83. The molecule has 2 aromatic rings. The summed E-state index contributed by atoms with van der Waals surface area (Å²) in [6, 6.07) is 15.1. The SMILES string of the molecule is Cc1ccc(S(=O)(=O)N2CCC[C@H]2c2ccccc2C)cc1. The van der Waals surface area contributed by atoms with Gasteiger partial charge in [-0.3, -0.25) is 0 Å². The molecule has 116 valence electrons. The highest BCUT2D eigenvalue weighted by atomic mass is 32.2. The van der Waals surface area contributed by atoms with E-state index in [9.17, 15) is 8.42 Å². The molecule has 0 unspecified atom stereocenters. The largest absolute Gasteiger partial charge is 0.243 e. The van der Waals surface area contributed by atoms with Crippen LogP contribution in [0.15, 0.2) is 53.4 Å². The van der Waals surface area contributed by atoms with Crippen LogP contribution in [0.5, 0.6) is 0 Å². The van der Waals surface area contributed by atoms with E-state index in [1.807, 2.05) is 50.2 Å². The van der Waals surface area contributed by atoms with Crippen molar-refractivity contribution in [1.82, 2.24) is 4.31 Å². The quantitative estimate of drug-likeness (QED) is 0.863. The molecule has 1 aliphatic rings. The second-order valence-electron chi connectivity index (χ2n) is 5.94. The van der Waals surface area contributed by atoms with E-state index in [0.717, 1.165) is 29.5 Å². The first-order valence-corrected chi connectivity index (χ1v) is 9.08. The van der Waals surface area contributed by atoms with Gasteiger partial charge in [0.1, 0.15) is 0 Å². The van der Waals surface area contributed by atoms with E-state index in [1.54, 1.807) is 16.4 Å². The Kier molecular flexibility index (Phi) is 4.06. The fourth-order valence-electron chi connectivity index (χ4n) is 3.14. The van der Waals surface area contributed by atoms with Crippen LogP contribution in [0.2, 0.25) is 0 Å². The maximum Gasteiger partial charge on any atom is 0.243 e. The van der Waals surface area contributed by atoms with Crippen molar-refractivity contribution in [3.8, 4) is 0 Å². The lowest BCUT2D eigenvalue weighted by Gasteiger charge is -2.25. The molecule has 0 aliphatic carbocycles. The maximum absolute atomic E-state index is 13.0. The zero-order chi connectivity index (χ0) is 15.7. The first kappa shape index (κ1) is 15.3. The zero-order valence-corrected chi connectivity index (χ0v) is 13.8. The van der Waals surface area contributed by atoms with Crippen molar-refractivity contribution in [2.24, 2.45) is 0 Å². The number of aryl methyl sites for hydroxylation is 2. The van der Waals surface area contributed by atoms with E-state index < -0.39 is 10.0 Å². The van der Waals surface area contributed by atoms with Crippen molar-refractivity contribution in [2.75, 3.05) is 6.54 Å². The molecule has 22 heavy (non-hydrogen) atoms. The molecule has 0 amide bonds. The number of nitrogens with zero attached hydrogens (tertiary/aromatic N) is 1. The van der Waals surface area contributed by atoms with E-state index in [4.69, 9.17) is 0 Å². The van der Waals surface area contributed by atoms with Gasteiger partial charge in [0.25, 0.3) is 0 Å². The van der Waals surface area contributed by atoms with Crippen molar-refractivity contribution in [2.45, 2.75) is 37.6 Å². The highest BCUT2D eigenvalue weighted by Gasteiger charge is 2.36. The zero-order valence-electron chi connectivity index (χ0n) is 13.0. The normalized spacial score (nSPS) is 19.5. The van der Waals surface area contributed by atoms with Crippen LogP contribution >= 0.6 is 0 Å². The topological polar surface area (TPSA) is 37.4 Å². The number of benzene rings is 2. The van der Waals surface area contributed by atoms with E-state index in [2.05, 4.69) is 0 Å². The smallest absolute Gasteiger partial charge is 0.207 e. The molecule has 2 aromatic carbocycles. The molecule has 0 radical (unpaired) electrons. The van der Waals surface area contributed by atoms with Gasteiger partial charge in [0.2, 0.25) is 10.0 Å². The lowest BCUT2D eigenvalue weighted by atomic mass is 10.0. The Hall–Kier alpha value is -1.65. The third-order valence-electron chi connectivity index (χ3n) is 4.38. The Bertz CT molecular complexity index is 766. The van der Waals surface area contributed by atoms with Crippen LogP contribution in [0.1, 0.15) is 35.6 Å². The van der Waals surface area contributed by atoms with Crippen molar-refractivity contribution >= 4 is 10.0 Å². The fourth-order valence-corrected chi connectivity index (χ4v) is 4.82. The van der Waals surface area contributed by atoms with Gasteiger partial charge >= 0.3 is 0 Å². The van der Waals surface area contributed by atoms with Crippen LogP contribution in [0.25, 0.3) is 0 Å². The summed E-state index contributed by atoms with van der Waals surface area (Å²) in [5.41, 5.74) is 3.34. The lowest BCUT2D eigenvalue weighted by molar-refractivity contribution is 0.395. The van der Waals surface area contributed by atoms with Crippen molar-refractivity contribution < 1.29 is 8.42 Å². The Morgan fingerprint density at radius 1 is 1.00 bits per heavy atom. The van der Waals surface area contributed by atoms with Gasteiger partial charge in [0.15, 0.2) is 0 Å². The molecule has 1 aliphatic heterocycles. The number of sulfonamides is 1. The van der Waals surface area contributed by atoms with E-state index >= 15 is 0 Å². The molecular formula is C18H21NO2S. The Labute approximate surface area is 132 Å². The average Bonchev–Trinajstić information content (AvgIpc) is 2.98. The Morgan fingerprint density at radius 2 is 1.68 bits per heavy atom. The van der Waals surface area contributed by atoms with Crippen LogP contribution in [-0.4, -0.2) is 19.3 Å². The monoisotopic (exact) mass is 315 g/mol. The van der Waals surface area contributed by atoms with Gasteiger partial charge in [-0.1, -0.05) is 42.0 Å². The van der Waals surface area contributed by atoms with E-state index in [0.29, 0.717) is 11.4 Å². The molecule has 1 heterocycles. The molecule has 1 fully saturated rings. The number of hydrogen-bond acceptors (Lipinski definition) is 2. The van der Waals surface area contributed by atoms with Crippen molar-refractivity contribution in [1.29, 1.82) is 0 Å². The molecule has 0 aromatic heterocycles. The minimum absolute atomic E-state index is 0.0486. The fraction of sp³-hybridized carbons (Fsp3) is 0.333. The third kappa shape index (κ3) is 2.69. The van der Waals surface area contributed by atoms with Crippen LogP contribution in [-0.2, 0) is 10.0 Å². The van der Waals surface area contributed by atoms with Gasteiger partial charge in [0, 0.05) is 6.54 Å². The minimum Gasteiger partial charge on any atom is -0.207 e. The molecule has 0 saturated carbocycles. The standard InChI is InChI=1S/C18H21NO2S/c1-14-9-11-16(12-10-14)22(20,21)19-13-5-8-18(19)17-7-4-3-6-15(17)2/h3-4,6-7,9-12,18H,5,8,13H2,1-2H3/t18-/m0/s1. The number of hydrogen-bond donors (Lipinski definition) is 0. The molecule has 1 saturated heterocycles. The molecule has 1 atom stereocenters. The van der Waals surface area contributed by atoms with Crippen LogP contribution in [0.4, 0.5) is 0 Å². The number of rotatable bonds is 3. The van der Waals surface area contributed by atoms with Gasteiger partial charge < -0.3 is 0 Å². The summed E-state index contributed by atoms with van der Waals surface area (Å²) in [4.78, 5) is 0.388. The molecule has 0 bridgehead atoms. The molecule has 0 N–H and O–H groups in total. The summed E-state index contributed by atoms with van der Waals surface area (Å²) in [5.74, 6) is 0. The van der Waals surface area contributed by atoms with Crippen LogP contribution < -0.4 is 0 Å². The lowest BCUT2D eigenvalue weighted by Crippen LogP contribution is -2.31. The molecular weight excluding hydrogens is 294 g/mol. The minimum atomic E-state index is -3.44. The average molecular weight is 315 g/mol. The summed E-state index contributed by atoms with van der Waals surface area (Å²) in [5, 5.41) is 0. The van der Waals surface area contributed by atoms with Crippen molar-refractivity contribution in [3.05, 3.63) is 65.2 Å². The summed E-state index contributed by atoms with van der Waals surface area (Å²) >= 11 is 0. The van der Waals surface area contributed by atoms with E-state index in [-0.39, 0.29) is 6.04 Å². The Morgan fingerprint density at radius 3 is 2.36 bits per heavy atom. The van der Waals surface area contributed by atoms with Gasteiger partial charge in [-0.15, -0.1) is 0 Å². The van der Waals surface area contributed by atoms with Gasteiger partial charge in [-0.2, -0.15) is 4.31 Å². The van der Waals surface area contributed by atoms with Gasteiger partial charge in [-0.05, 0) is 49.9 Å². The first-order chi connectivity index (χ1) is 10.5. The molecule has 0 spiro atoms. The van der Waals surface area contributed by atoms with Crippen LogP contribution in [0.3, 0.4) is 0 Å². The highest BCUT2D eigenvalue weighted by molar-refractivity contribution is 7.89. The Balaban J connectivity index is 1.99. The highest BCUT2D eigenvalue weighted by Crippen LogP contribution is 2.37. The van der Waals surface area contributed by atoms with Gasteiger partial charge in [0.05, 0.1) is 10.9 Å². The summed E-state index contributed by atoms with van der Waals surface area (Å²) in [7, 11) is -3.44. The second kappa shape index (κ2) is 5.86. The van der Waals surface area contributed by atoms with Crippen LogP contribution in [0, 0.1) is 13.8 Å². The molecule has 3 rings (SSSR count). The predicted molar refractivity (Wildman–Crippen MR) is 88.2 cm³/mol. The first-order valence-electron chi connectivity index (χ1n) is 7.64. The summed E-state index contributed by atoms with van der Waals surface area (Å²) in [6.45, 7) is 4.60. The summed E-state index contributed by atoms with van der Waals surface area (Å²) in [6.07, 6.45) is 1.79. The van der Waals surface area contributed by atoms with Crippen molar-refractivity contribution in [3.63, 3.8) is 0 Å². The summed E-state index contributed by atoms with van der Waals surface area (Å²) < 4.78 is 27.6. The van der Waals surface area contributed by atoms with Gasteiger partial charge in [-0.25, -0.2) is 8.42 Å².